The Morgan fingerprint density at radius 1 is 0.540 bits per heavy atom. The van der Waals surface area contributed by atoms with Gasteiger partial charge in [-0.15, -0.1) is 0 Å². The molecule has 0 fully saturated rings. The van der Waals surface area contributed by atoms with Crippen LogP contribution in [0.2, 0.25) is 0 Å². The molecule has 6 heteroatoms. The molecule has 10 rings (SSSR count). The van der Waals surface area contributed by atoms with E-state index in [1.54, 1.807) is 0 Å². The van der Waals surface area contributed by atoms with Crippen LogP contribution in [0.3, 0.4) is 0 Å². The second-order valence-electron chi connectivity index (χ2n) is 12.6. The average Bonchev–Trinajstić information content (AvgIpc) is 3.76. The molecule has 2 unspecified atom stereocenters. The van der Waals surface area contributed by atoms with Gasteiger partial charge in [0.1, 0.15) is 28.6 Å². The maximum absolute atomic E-state index is 6.55. The maximum atomic E-state index is 6.55. The summed E-state index contributed by atoms with van der Waals surface area (Å²) in [5.74, 6) is 2.02. The Morgan fingerprint density at radius 3 is 1.92 bits per heavy atom. The predicted molar refractivity (Wildman–Crippen MR) is 197 cm³/mol. The Kier molecular flexibility index (Phi) is 6.52. The minimum Gasteiger partial charge on any atom is -0.485 e. The molecule has 0 saturated carbocycles. The van der Waals surface area contributed by atoms with Crippen LogP contribution in [0.1, 0.15) is 17.3 Å². The van der Waals surface area contributed by atoms with E-state index in [1.807, 2.05) is 84.9 Å². The zero-order valence-corrected chi connectivity index (χ0v) is 26.8. The summed E-state index contributed by atoms with van der Waals surface area (Å²) in [4.78, 5) is 20.6. The van der Waals surface area contributed by atoms with E-state index in [0.29, 0.717) is 17.2 Å². The van der Waals surface area contributed by atoms with Gasteiger partial charge in [0.15, 0.2) is 17.2 Å². The maximum Gasteiger partial charge on any atom is 0.180 e. The van der Waals surface area contributed by atoms with Crippen LogP contribution in [0.5, 0.6) is 5.75 Å². The van der Waals surface area contributed by atoms with Gasteiger partial charge >= 0.3 is 0 Å². The standard InChI is InChI=1S/C44H28N4O2/c1-4-13-27(14-5-1)34-26-35(28-15-6-2-7-16-28)46-43(45-34)30-23-24-37-33(25-30)39-32(20-12-22-38(39)49-37)44-47-40(29-17-8-3-9-18-29)42-41(48-44)31-19-10-11-21-36(31)50-42/h1-26,38-39H. The first-order chi connectivity index (χ1) is 24.8. The molecule has 8 aromatic rings. The van der Waals surface area contributed by atoms with Crippen molar-refractivity contribution in [1.29, 1.82) is 0 Å². The molecule has 0 saturated heterocycles. The van der Waals surface area contributed by atoms with Crippen LogP contribution in [0.25, 0.3) is 72.8 Å². The lowest BCUT2D eigenvalue weighted by molar-refractivity contribution is 0.271. The Morgan fingerprint density at radius 2 is 1.20 bits per heavy atom. The van der Waals surface area contributed by atoms with Gasteiger partial charge in [0.25, 0.3) is 0 Å². The molecule has 236 valence electrons. The fourth-order valence-corrected chi connectivity index (χ4v) is 7.11. The van der Waals surface area contributed by atoms with Crippen molar-refractivity contribution < 1.29 is 9.15 Å². The molecule has 3 aromatic heterocycles. The molecule has 1 aliphatic carbocycles. The Bertz CT molecular complexity index is 2570. The summed E-state index contributed by atoms with van der Waals surface area (Å²) >= 11 is 0. The van der Waals surface area contributed by atoms with Crippen LogP contribution in [0.4, 0.5) is 0 Å². The SMILES string of the molecule is C1=CC2Oc3ccc(-c4nc(-c5ccccc5)cc(-c5ccccc5)n4)cc3C2C(c2nc(-c3ccccc3)c3oc4ccccc4c3n2)=C1. The van der Waals surface area contributed by atoms with E-state index in [2.05, 4.69) is 72.8 Å². The Hall–Kier alpha value is -6.66. The zero-order valence-electron chi connectivity index (χ0n) is 26.8. The fraction of sp³-hybridized carbons (Fsp3) is 0.0455. The van der Waals surface area contributed by atoms with Gasteiger partial charge in [-0.2, -0.15) is 0 Å². The lowest BCUT2D eigenvalue weighted by atomic mass is 9.83. The van der Waals surface area contributed by atoms with E-state index < -0.39 is 0 Å². The zero-order chi connectivity index (χ0) is 33.0. The summed E-state index contributed by atoms with van der Waals surface area (Å²) in [5.41, 5.74) is 10.8. The first-order valence-corrected chi connectivity index (χ1v) is 16.7. The highest BCUT2D eigenvalue weighted by Gasteiger charge is 2.39. The number of furan rings is 1. The van der Waals surface area contributed by atoms with Crippen LogP contribution in [0.15, 0.2) is 162 Å². The first kappa shape index (κ1) is 28.4. The smallest absolute Gasteiger partial charge is 0.180 e. The molecule has 0 bridgehead atoms. The lowest BCUT2D eigenvalue weighted by Crippen LogP contribution is -2.20. The Balaban J connectivity index is 1.12. The van der Waals surface area contributed by atoms with Gasteiger partial charge in [-0.25, -0.2) is 19.9 Å². The van der Waals surface area contributed by atoms with Crippen LogP contribution in [0, 0.1) is 0 Å². The number of nitrogens with zero attached hydrogens (tertiary/aromatic N) is 4. The third kappa shape index (κ3) is 4.72. The first-order valence-electron chi connectivity index (χ1n) is 16.7. The van der Waals surface area contributed by atoms with E-state index in [9.17, 15) is 0 Å². The second-order valence-corrected chi connectivity index (χ2v) is 12.6. The Labute approximate surface area is 288 Å². The summed E-state index contributed by atoms with van der Waals surface area (Å²) in [5, 5.41) is 0.960. The van der Waals surface area contributed by atoms with E-state index in [1.165, 1.54) is 0 Å². The third-order valence-corrected chi connectivity index (χ3v) is 9.50. The molecule has 0 spiro atoms. The number of para-hydroxylation sites is 1. The monoisotopic (exact) mass is 644 g/mol. The number of rotatable bonds is 5. The highest BCUT2D eigenvalue weighted by atomic mass is 16.5. The molecule has 50 heavy (non-hydrogen) atoms. The van der Waals surface area contributed by atoms with Crippen molar-refractivity contribution >= 4 is 27.6 Å². The number of hydrogen-bond acceptors (Lipinski definition) is 6. The van der Waals surface area contributed by atoms with Crippen molar-refractivity contribution in [2.75, 3.05) is 0 Å². The lowest BCUT2D eigenvalue weighted by Gasteiger charge is -2.22. The van der Waals surface area contributed by atoms with Crippen molar-refractivity contribution in [3.63, 3.8) is 0 Å². The normalized spacial score (nSPS) is 16.2. The van der Waals surface area contributed by atoms with E-state index in [-0.39, 0.29) is 12.0 Å². The quantitative estimate of drug-likeness (QED) is 0.186. The summed E-state index contributed by atoms with van der Waals surface area (Å²) in [6.07, 6.45) is 6.07. The van der Waals surface area contributed by atoms with Crippen molar-refractivity contribution in [2.45, 2.75) is 12.0 Å². The molecule has 5 aromatic carbocycles. The van der Waals surface area contributed by atoms with Gasteiger partial charge in [0.2, 0.25) is 0 Å². The van der Waals surface area contributed by atoms with Crippen molar-refractivity contribution in [1.82, 2.24) is 19.9 Å². The molecule has 6 nitrogen and oxygen atoms in total. The molecule has 4 heterocycles. The second kappa shape index (κ2) is 11.5. The summed E-state index contributed by atoms with van der Waals surface area (Å²) in [6, 6.07) is 47.0. The summed E-state index contributed by atoms with van der Waals surface area (Å²) in [7, 11) is 0. The molecule has 1 aliphatic heterocycles. The average molecular weight is 645 g/mol. The number of hydrogen-bond donors (Lipinski definition) is 0. The van der Waals surface area contributed by atoms with E-state index in [4.69, 9.17) is 29.1 Å². The molecule has 0 amide bonds. The minimum absolute atomic E-state index is 0.125. The number of ether oxygens (including phenoxy) is 1. The number of aromatic nitrogens is 4. The number of allylic oxidation sites excluding steroid dienone is 2. The minimum atomic E-state index is -0.197. The van der Waals surface area contributed by atoms with Gasteiger partial charge in [-0.05, 0) is 42.5 Å². The highest BCUT2D eigenvalue weighted by molar-refractivity contribution is 6.07. The molecule has 2 atom stereocenters. The van der Waals surface area contributed by atoms with E-state index in [0.717, 1.165) is 72.7 Å². The van der Waals surface area contributed by atoms with Crippen LogP contribution >= 0.6 is 0 Å². The van der Waals surface area contributed by atoms with Crippen LogP contribution < -0.4 is 4.74 Å². The molecule has 0 N–H and O–H groups in total. The van der Waals surface area contributed by atoms with Crippen molar-refractivity contribution in [2.24, 2.45) is 0 Å². The molecule has 2 aliphatic rings. The molecule has 0 radical (unpaired) electrons. The molecular formula is C44H28N4O2. The third-order valence-electron chi connectivity index (χ3n) is 9.50. The topological polar surface area (TPSA) is 73.9 Å². The van der Waals surface area contributed by atoms with Gasteiger partial charge < -0.3 is 9.15 Å². The van der Waals surface area contributed by atoms with Crippen molar-refractivity contribution in [3.05, 3.63) is 169 Å². The van der Waals surface area contributed by atoms with Gasteiger partial charge in [0.05, 0.1) is 17.3 Å². The predicted octanol–water partition coefficient (Wildman–Crippen LogP) is 10.3. The largest absolute Gasteiger partial charge is 0.485 e. The van der Waals surface area contributed by atoms with Gasteiger partial charge in [-0.1, -0.05) is 115 Å². The van der Waals surface area contributed by atoms with Crippen LogP contribution in [-0.2, 0) is 0 Å². The van der Waals surface area contributed by atoms with Crippen LogP contribution in [-0.4, -0.2) is 26.0 Å². The van der Waals surface area contributed by atoms with E-state index >= 15 is 0 Å². The number of benzene rings is 5. The number of fused-ring (bicyclic) bond motifs is 6. The van der Waals surface area contributed by atoms with Gasteiger partial charge in [-0.3, -0.25) is 0 Å². The fourth-order valence-electron chi connectivity index (χ4n) is 7.11. The van der Waals surface area contributed by atoms with Crippen molar-refractivity contribution in [3.8, 4) is 50.9 Å². The summed E-state index contributed by atoms with van der Waals surface area (Å²) in [6.45, 7) is 0. The van der Waals surface area contributed by atoms with Gasteiger partial charge in [0, 0.05) is 38.8 Å². The highest BCUT2D eigenvalue weighted by Crippen LogP contribution is 2.49. The molecular weight excluding hydrogens is 617 g/mol. The summed E-state index contributed by atoms with van der Waals surface area (Å²) < 4.78 is 12.9.